The molecule has 1 rings (SSSR count). The third-order valence-electron chi connectivity index (χ3n) is 2.41. The van der Waals surface area contributed by atoms with Gasteiger partial charge >= 0.3 is 0 Å². The number of nitrogens with one attached hydrogen (secondary N) is 1. The summed E-state index contributed by atoms with van der Waals surface area (Å²) in [7, 11) is 0. The zero-order chi connectivity index (χ0) is 12.5. The number of amides is 1. The lowest BCUT2D eigenvalue weighted by Crippen LogP contribution is -2.40. The second-order valence-electron chi connectivity index (χ2n) is 3.82. The minimum absolute atomic E-state index is 0.0905. The van der Waals surface area contributed by atoms with E-state index in [1.807, 2.05) is 37.3 Å². The number of nitrogens with two attached hydrogens (primary N) is 1. The first-order valence-electron chi connectivity index (χ1n) is 5.95. The van der Waals surface area contributed by atoms with Gasteiger partial charge in [0.25, 0.3) is 0 Å². The number of para-hydroxylation sites is 1. The van der Waals surface area contributed by atoms with Crippen molar-refractivity contribution in [3.8, 4) is 5.75 Å². The van der Waals surface area contributed by atoms with Gasteiger partial charge in [-0.3, -0.25) is 4.79 Å². The van der Waals surface area contributed by atoms with Crippen molar-refractivity contribution in [3.05, 3.63) is 30.3 Å². The molecule has 0 fully saturated rings. The van der Waals surface area contributed by atoms with Gasteiger partial charge in [0.2, 0.25) is 5.91 Å². The van der Waals surface area contributed by atoms with E-state index < -0.39 is 6.04 Å². The normalized spacial score (nSPS) is 11.9. The van der Waals surface area contributed by atoms with Crippen molar-refractivity contribution < 1.29 is 9.53 Å². The third kappa shape index (κ3) is 5.36. The van der Waals surface area contributed by atoms with Crippen LogP contribution >= 0.6 is 0 Å². The van der Waals surface area contributed by atoms with Crippen LogP contribution < -0.4 is 15.8 Å². The molecule has 0 saturated carbocycles. The van der Waals surface area contributed by atoms with Crippen molar-refractivity contribution in [2.45, 2.75) is 25.8 Å². The van der Waals surface area contributed by atoms with Gasteiger partial charge in [-0.25, -0.2) is 0 Å². The summed E-state index contributed by atoms with van der Waals surface area (Å²) in [6.45, 7) is 3.08. The van der Waals surface area contributed by atoms with Gasteiger partial charge in [-0.05, 0) is 25.0 Å². The van der Waals surface area contributed by atoms with Crippen LogP contribution in [-0.2, 0) is 4.79 Å². The lowest BCUT2D eigenvalue weighted by atomic mass is 10.2. The van der Waals surface area contributed by atoms with E-state index in [9.17, 15) is 4.79 Å². The predicted molar refractivity (Wildman–Crippen MR) is 67.8 cm³/mol. The Bertz CT molecular complexity index is 327. The third-order valence-corrected chi connectivity index (χ3v) is 2.41. The Morgan fingerprint density at radius 3 is 2.76 bits per heavy atom. The quantitative estimate of drug-likeness (QED) is 0.702. The van der Waals surface area contributed by atoms with Crippen LogP contribution in [-0.4, -0.2) is 25.1 Å². The summed E-state index contributed by atoms with van der Waals surface area (Å²) in [5, 5.41) is 2.78. The summed E-state index contributed by atoms with van der Waals surface area (Å²) in [4.78, 5) is 11.3. The molecule has 0 aliphatic heterocycles. The molecule has 3 N–H and O–H groups in total. The van der Waals surface area contributed by atoms with Crippen molar-refractivity contribution in [2.24, 2.45) is 5.73 Å². The molecule has 0 aromatic heterocycles. The molecular weight excluding hydrogens is 216 g/mol. The van der Waals surface area contributed by atoms with Crippen LogP contribution in [0.15, 0.2) is 30.3 Å². The minimum Gasteiger partial charge on any atom is -0.494 e. The van der Waals surface area contributed by atoms with Gasteiger partial charge in [0.15, 0.2) is 0 Å². The van der Waals surface area contributed by atoms with E-state index in [1.54, 1.807) is 0 Å². The Balaban J connectivity index is 2.07. The molecule has 0 bridgehead atoms. The van der Waals surface area contributed by atoms with E-state index in [-0.39, 0.29) is 5.91 Å². The summed E-state index contributed by atoms with van der Waals surface area (Å²) in [5.74, 6) is 0.760. The molecule has 0 radical (unpaired) electrons. The van der Waals surface area contributed by atoms with Gasteiger partial charge in [0.1, 0.15) is 5.75 Å². The fraction of sp³-hybridized carbons (Fsp3) is 0.462. The molecule has 0 spiro atoms. The van der Waals surface area contributed by atoms with Gasteiger partial charge in [0.05, 0.1) is 12.6 Å². The summed E-state index contributed by atoms with van der Waals surface area (Å²) in [6, 6.07) is 9.22. The summed E-state index contributed by atoms with van der Waals surface area (Å²) < 4.78 is 5.49. The fourth-order valence-electron chi connectivity index (χ4n) is 1.31. The molecule has 4 nitrogen and oxygen atoms in total. The van der Waals surface area contributed by atoms with Crippen LogP contribution in [0.4, 0.5) is 0 Å². The van der Waals surface area contributed by atoms with Crippen molar-refractivity contribution in [3.63, 3.8) is 0 Å². The average molecular weight is 236 g/mol. The van der Waals surface area contributed by atoms with E-state index in [1.165, 1.54) is 0 Å². The van der Waals surface area contributed by atoms with Crippen molar-refractivity contribution in [1.29, 1.82) is 0 Å². The zero-order valence-electron chi connectivity index (χ0n) is 10.2. The SMILES string of the molecule is CC[C@H](N)C(=O)NCCCOc1ccccc1. The average Bonchev–Trinajstić information content (AvgIpc) is 2.38. The van der Waals surface area contributed by atoms with E-state index in [0.29, 0.717) is 19.6 Å². The van der Waals surface area contributed by atoms with Crippen molar-refractivity contribution >= 4 is 5.91 Å². The molecule has 94 valence electrons. The molecule has 0 heterocycles. The smallest absolute Gasteiger partial charge is 0.236 e. The van der Waals surface area contributed by atoms with Crippen LogP contribution in [0, 0.1) is 0 Å². The molecule has 0 aliphatic rings. The first kappa shape index (κ1) is 13.5. The van der Waals surface area contributed by atoms with Gasteiger partial charge in [0, 0.05) is 6.54 Å². The molecule has 1 amide bonds. The standard InChI is InChI=1S/C13H20N2O2/c1-2-12(14)13(16)15-9-6-10-17-11-7-4-3-5-8-11/h3-5,7-8,12H,2,6,9-10,14H2,1H3,(H,15,16)/t12-/m0/s1. The highest BCUT2D eigenvalue weighted by atomic mass is 16.5. The first-order valence-corrected chi connectivity index (χ1v) is 5.95. The molecule has 17 heavy (non-hydrogen) atoms. The number of carbonyl (C=O) groups excluding carboxylic acids is 1. The van der Waals surface area contributed by atoms with Crippen LogP contribution in [0.3, 0.4) is 0 Å². The molecule has 1 aromatic rings. The number of hydrogen-bond donors (Lipinski definition) is 2. The van der Waals surface area contributed by atoms with Gasteiger partial charge in [-0.2, -0.15) is 0 Å². The maximum atomic E-state index is 11.3. The zero-order valence-corrected chi connectivity index (χ0v) is 10.2. The van der Waals surface area contributed by atoms with E-state index in [4.69, 9.17) is 10.5 Å². The maximum Gasteiger partial charge on any atom is 0.236 e. The lowest BCUT2D eigenvalue weighted by Gasteiger charge is -2.10. The Hall–Kier alpha value is -1.55. The van der Waals surface area contributed by atoms with Crippen LogP contribution in [0.25, 0.3) is 0 Å². The number of hydrogen-bond acceptors (Lipinski definition) is 3. The molecule has 4 heteroatoms. The summed E-state index contributed by atoms with van der Waals surface area (Å²) in [6.07, 6.45) is 1.43. The highest BCUT2D eigenvalue weighted by Crippen LogP contribution is 2.07. The topological polar surface area (TPSA) is 64.4 Å². The highest BCUT2D eigenvalue weighted by molar-refractivity contribution is 5.81. The first-order chi connectivity index (χ1) is 8.24. The molecule has 0 saturated heterocycles. The molecule has 0 aliphatic carbocycles. The Morgan fingerprint density at radius 2 is 2.12 bits per heavy atom. The number of rotatable bonds is 7. The van der Waals surface area contributed by atoms with Gasteiger partial charge in [-0.1, -0.05) is 25.1 Å². The van der Waals surface area contributed by atoms with Crippen molar-refractivity contribution in [2.75, 3.05) is 13.2 Å². The predicted octanol–water partition coefficient (Wildman–Crippen LogP) is 1.31. The molecular formula is C13H20N2O2. The van der Waals surface area contributed by atoms with Gasteiger partial charge in [-0.15, -0.1) is 0 Å². The Labute approximate surface area is 102 Å². The van der Waals surface area contributed by atoms with Gasteiger partial charge < -0.3 is 15.8 Å². The van der Waals surface area contributed by atoms with E-state index >= 15 is 0 Å². The van der Waals surface area contributed by atoms with Crippen LogP contribution in [0.2, 0.25) is 0 Å². The number of benzene rings is 1. The fourth-order valence-corrected chi connectivity index (χ4v) is 1.31. The second-order valence-corrected chi connectivity index (χ2v) is 3.82. The highest BCUT2D eigenvalue weighted by Gasteiger charge is 2.08. The Kier molecular flexibility index (Phi) is 6.10. The monoisotopic (exact) mass is 236 g/mol. The minimum atomic E-state index is -0.398. The van der Waals surface area contributed by atoms with E-state index in [2.05, 4.69) is 5.32 Å². The summed E-state index contributed by atoms with van der Waals surface area (Å²) >= 11 is 0. The summed E-state index contributed by atoms with van der Waals surface area (Å²) in [5.41, 5.74) is 5.58. The lowest BCUT2D eigenvalue weighted by molar-refractivity contribution is -0.122. The van der Waals surface area contributed by atoms with Crippen LogP contribution in [0.5, 0.6) is 5.75 Å². The molecule has 1 aromatic carbocycles. The Morgan fingerprint density at radius 1 is 1.41 bits per heavy atom. The molecule has 0 unspecified atom stereocenters. The maximum absolute atomic E-state index is 11.3. The largest absolute Gasteiger partial charge is 0.494 e. The number of ether oxygens (including phenoxy) is 1. The van der Waals surface area contributed by atoms with Crippen molar-refractivity contribution in [1.82, 2.24) is 5.32 Å². The van der Waals surface area contributed by atoms with Crippen LogP contribution in [0.1, 0.15) is 19.8 Å². The second kappa shape index (κ2) is 7.68. The number of carbonyl (C=O) groups is 1. The molecule has 1 atom stereocenters. The van der Waals surface area contributed by atoms with E-state index in [0.717, 1.165) is 12.2 Å².